The number of carbonyl (C=O) groups is 1. The topological polar surface area (TPSA) is 38.3 Å². The first-order chi connectivity index (χ1) is 10.1. The van der Waals surface area contributed by atoms with Gasteiger partial charge in [-0.15, -0.1) is 0 Å². The van der Waals surface area contributed by atoms with Crippen LogP contribution in [0, 0.1) is 23.2 Å². The maximum atomic E-state index is 12.2. The Kier molecular flexibility index (Phi) is 4.58. The van der Waals surface area contributed by atoms with Gasteiger partial charge in [0.25, 0.3) is 0 Å². The Morgan fingerprint density at radius 3 is 2.24 bits per heavy atom. The minimum atomic E-state index is 0.245. The van der Waals surface area contributed by atoms with Gasteiger partial charge in [-0.05, 0) is 81.5 Å². The Morgan fingerprint density at radius 1 is 1.14 bits per heavy atom. The van der Waals surface area contributed by atoms with Crippen LogP contribution in [0.4, 0.5) is 0 Å². The molecule has 3 nitrogen and oxygen atoms in total. The summed E-state index contributed by atoms with van der Waals surface area (Å²) in [7, 11) is 1.72. The Labute approximate surface area is 129 Å². The average Bonchev–Trinajstić information content (AvgIpc) is 2.42. The number of nitrogens with one attached hydrogen (secondary N) is 1. The molecular formula is C18H31NO2. The highest BCUT2D eigenvalue weighted by molar-refractivity contribution is 5.76. The number of hydrogen-bond acceptors (Lipinski definition) is 2. The van der Waals surface area contributed by atoms with Crippen LogP contribution in [0.25, 0.3) is 0 Å². The van der Waals surface area contributed by atoms with Gasteiger partial charge in [0.2, 0.25) is 5.91 Å². The third kappa shape index (κ3) is 3.28. The predicted octanol–water partition coefficient (Wildman–Crippen LogP) is 3.52. The summed E-state index contributed by atoms with van der Waals surface area (Å²) in [5.74, 6) is 3.11. The van der Waals surface area contributed by atoms with Gasteiger partial charge >= 0.3 is 0 Å². The molecule has 120 valence electrons. The zero-order valence-corrected chi connectivity index (χ0v) is 13.7. The first-order valence-electron chi connectivity index (χ1n) is 8.89. The average molecular weight is 293 g/mol. The molecule has 21 heavy (non-hydrogen) atoms. The van der Waals surface area contributed by atoms with E-state index in [1.807, 2.05) is 0 Å². The number of hydrogen-bond donors (Lipinski definition) is 1. The van der Waals surface area contributed by atoms with Crippen molar-refractivity contribution in [3.05, 3.63) is 0 Å². The van der Waals surface area contributed by atoms with Gasteiger partial charge in [-0.2, -0.15) is 0 Å². The number of rotatable bonds is 7. The molecule has 3 heteroatoms. The van der Waals surface area contributed by atoms with Crippen molar-refractivity contribution >= 4 is 5.91 Å². The molecule has 1 atom stereocenters. The predicted molar refractivity (Wildman–Crippen MR) is 83.9 cm³/mol. The van der Waals surface area contributed by atoms with E-state index < -0.39 is 0 Å². The Morgan fingerprint density at radius 2 is 1.71 bits per heavy atom. The van der Waals surface area contributed by atoms with Gasteiger partial charge in [-0.25, -0.2) is 0 Å². The fraction of sp³-hybridized carbons (Fsp3) is 0.944. The molecular weight excluding hydrogens is 262 g/mol. The van der Waals surface area contributed by atoms with Crippen molar-refractivity contribution in [1.82, 2.24) is 5.32 Å². The van der Waals surface area contributed by atoms with Crippen LogP contribution in [-0.2, 0) is 9.53 Å². The van der Waals surface area contributed by atoms with E-state index in [0.29, 0.717) is 17.9 Å². The van der Waals surface area contributed by atoms with Crippen molar-refractivity contribution < 1.29 is 9.53 Å². The fourth-order valence-electron chi connectivity index (χ4n) is 5.71. The summed E-state index contributed by atoms with van der Waals surface area (Å²) in [5.41, 5.74) is 0.428. The molecule has 1 amide bonds. The molecule has 0 aliphatic heterocycles. The lowest BCUT2D eigenvalue weighted by molar-refractivity contribution is -0.126. The van der Waals surface area contributed by atoms with E-state index in [1.165, 1.54) is 38.5 Å². The van der Waals surface area contributed by atoms with Crippen molar-refractivity contribution in [1.29, 1.82) is 0 Å². The van der Waals surface area contributed by atoms with Crippen LogP contribution in [0.1, 0.15) is 64.7 Å². The van der Waals surface area contributed by atoms with Gasteiger partial charge in [-0.1, -0.05) is 0 Å². The molecule has 4 saturated carbocycles. The van der Waals surface area contributed by atoms with Gasteiger partial charge in [0.1, 0.15) is 0 Å². The van der Waals surface area contributed by atoms with Crippen LogP contribution in [-0.4, -0.2) is 25.7 Å². The van der Waals surface area contributed by atoms with E-state index in [9.17, 15) is 4.79 Å². The number of unbranched alkanes of at least 4 members (excludes halogenated alkanes) is 1. The zero-order valence-electron chi connectivity index (χ0n) is 13.7. The van der Waals surface area contributed by atoms with Crippen molar-refractivity contribution in [2.24, 2.45) is 23.2 Å². The monoisotopic (exact) mass is 293 g/mol. The van der Waals surface area contributed by atoms with Gasteiger partial charge in [-0.3, -0.25) is 4.79 Å². The molecule has 4 aliphatic carbocycles. The normalized spacial score (nSPS) is 38.5. The maximum Gasteiger partial charge on any atom is 0.220 e. The van der Waals surface area contributed by atoms with Crippen molar-refractivity contribution in [3.8, 4) is 0 Å². The molecule has 0 aromatic rings. The standard InChI is InChI=1S/C18H31NO2/c1-13(19-17(20)5-3-4-6-21-2)18-10-14-7-15(11-18)9-16(8-14)12-18/h13-16H,3-12H2,1-2H3,(H,19,20). The number of ether oxygens (including phenoxy) is 1. The van der Waals surface area contributed by atoms with E-state index in [1.54, 1.807) is 7.11 Å². The summed E-state index contributed by atoms with van der Waals surface area (Å²) in [6.07, 6.45) is 11.1. The molecule has 0 radical (unpaired) electrons. The Balaban J connectivity index is 1.51. The van der Waals surface area contributed by atoms with Crippen LogP contribution in [0.3, 0.4) is 0 Å². The molecule has 0 aromatic heterocycles. The summed E-state index contributed by atoms with van der Waals surface area (Å²) in [5, 5.41) is 3.33. The lowest BCUT2D eigenvalue weighted by Gasteiger charge is -2.59. The van der Waals surface area contributed by atoms with Crippen LogP contribution in [0.2, 0.25) is 0 Å². The zero-order chi connectivity index (χ0) is 14.9. The van der Waals surface area contributed by atoms with Crippen LogP contribution in [0.5, 0.6) is 0 Å². The third-order valence-electron chi connectivity index (χ3n) is 6.38. The number of carbonyl (C=O) groups excluding carboxylic acids is 1. The Hall–Kier alpha value is -0.570. The largest absolute Gasteiger partial charge is 0.385 e. The van der Waals surface area contributed by atoms with Crippen LogP contribution in [0.15, 0.2) is 0 Å². The molecule has 0 spiro atoms. The second-order valence-electron chi connectivity index (χ2n) is 8.02. The molecule has 4 aliphatic rings. The molecule has 0 aromatic carbocycles. The molecule has 4 bridgehead atoms. The van der Waals surface area contributed by atoms with Crippen molar-refractivity contribution in [2.75, 3.05) is 13.7 Å². The molecule has 0 saturated heterocycles. The van der Waals surface area contributed by atoms with Gasteiger partial charge in [0.05, 0.1) is 0 Å². The van der Waals surface area contributed by atoms with E-state index in [0.717, 1.165) is 37.2 Å². The number of amides is 1. The van der Waals surface area contributed by atoms with Crippen molar-refractivity contribution in [3.63, 3.8) is 0 Å². The van der Waals surface area contributed by atoms with E-state index in [4.69, 9.17) is 4.74 Å². The maximum absolute atomic E-state index is 12.2. The van der Waals surface area contributed by atoms with Crippen molar-refractivity contribution in [2.45, 2.75) is 70.8 Å². The summed E-state index contributed by atoms with van der Waals surface area (Å²) < 4.78 is 5.04. The fourth-order valence-corrected chi connectivity index (χ4v) is 5.71. The third-order valence-corrected chi connectivity index (χ3v) is 6.38. The summed E-state index contributed by atoms with van der Waals surface area (Å²) in [4.78, 5) is 12.2. The van der Waals surface area contributed by atoms with E-state index >= 15 is 0 Å². The summed E-state index contributed by atoms with van der Waals surface area (Å²) in [6.45, 7) is 3.03. The second kappa shape index (κ2) is 6.28. The molecule has 4 rings (SSSR count). The quantitative estimate of drug-likeness (QED) is 0.729. The first-order valence-corrected chi connectivity index (χ1v) is 8.89. The van der Waals surface area contributed by atoms with Gasteiger partial charge < -0.3 is 10.1 Å². The minimum Gasteiger partial charge on any atom is -0.385 e. The van der Waals surface area contributed by atoms with Gasteiger partial charge in [0, 0.05) is 26.2 Å². The van der Waals surface area contributed by atoms with E-state index in [2.05, 4.69) is 12.2 Å². The summed E-state index contributed by atoms with van der Waals surface area (Å²) in [6, 6.07) is 0.362. The Bertz CT molecular complexity index is 344. The van der Waals surface area contributed by atoms with Gasteiger partial charge in [0.15, 0.2) is 0 Å². The first kappa shape index (κ1) is 15.3. The highest BCUT2D eigenvalue weighted by Crippen LogP contribution is 2.61. The summed E-state index contributed by atoms with van der Waals surface area (Å²) >= 11 is 0. The lowest BCUT2D eigenvalue weighted by atomic mass is 9.48. The second-order valence-corrected chi connectivity index (χ2v) is 8.02. The SMILES string of the molecule is COCCCCC(=O)NC(C)C12CC3CC(CC(C3)C1)C2. The van der Waals surface area contributed by atoms with Crippen LogP contribution < -0.4 is 5.32 Å². The highest BCUT2D eigenvalue weighted by Gasteiger charge is 2.53. The van der Waals surface area contributed by atoms with Crippen LogP contribution >= 0.6 is 0 Å². The molecule has 1 N–H and O–H groups in total. The lowest BCUT2D eigenvalue weighted by Crippen LogP contribution is -2.55. The minimum absolute atomic E-state index is 0.245. The highest BCUT2D eigenvalue weighted by atomic mass is 16.5. The molecule has 0 heterocycles. The number of methoxy groups -OCH3 is 1. The smallest absolute Gasteiger partial charge is 0.220 e. The molecule has 4 fully saturated rings. The van der Waals surface area contributed by atoms with E-state index in [-0.39, 0.29) is 5.91 Å². The molecule has 1 unspecified atom stereocenters.